The number of fused-ring (bicyclic) bond motifs is 2. The van der Waals surface area contributed by atoms with E-state index in [1.54, 1.807) is 73.5 Å². The summed E-state index contributed by atoms with van der Waals surface area (Å²) in [6.07, 6.45) is 2.15. The maximum atomic E-state index is 14.3. The van der Waals surface area contributed by atoms with E-state index in [9.17, 15) is 14.4 Å². The van der Waals surface area contributed by atoms with Gasteiger partial charge in [0.15, 0.2) is 0 Å². The molecule has 3 amide bonds. The summed E-state index contributed by atoms with van der Waals surface area (Å²) in [5.41, 5.74) is 3.23. The van der Waals surface area contributed by atoms with E-state index in [4.69, 9.17) is 9.47 Å². The Morgan fingerprint density at radius 3 is 2.14 bits per heavy atom. The summed E-state index contributed by atoms with van der Waals surface area (Å²) in [6.45, 7) is 2.00. The van der Waals surface area contributed by atoms with Crippen LogP contribution in [0.2, 0.25) is 0 Å². The molecule has 6 rings (SSSR count). The van der Waals surface area contributed by atoms with E-state index in [1.807, 2.05) is 84.6 Å². The monoisotopic (exact) mass is 701 g/mol. The number of benzene rings is 5. The van der Waals surface area contributed by atoms with Crippen LogP contribution in [0.1, 0.15) is 29.3 Å². The van der Waals surface area contributed by atoms with Gasteiger partial charge in [-0.05, 0) is 79.2 Å². The molecule has 0 spiro atoms. The molecule has 0 radical (unpaired) electrons. The van der Waals surface area contributed by atoms with Gasteiger partial charge in [0.1, 0.15) is 17.2 Å². The van der Waals surface area contributed by atoms with Crippen LogP contribution in [0.3, 0.4) is 0 Å². The van der Waals surface area contributed by atoms with Crippen molar-refractivity contribution in [2.45, 2.75) is 33.3 Å². The first-order valence-electron chi connectivity index (χ1n) is 16.0. The van der Waals surface area contributed by atoms with E-state index in [0.717, 1.165) is 26.1 Å². The number of nitrogens with zero attached hydrogens (tertiary/aromatic N) is 1. The van der Waals surface area contributed by atoms with Crippen LogP contribution >= 0.6 is 23.5 Å². The highest BCUT2D eigenvalue weighted by Crippen LogP contribution is 2.49. The molecule has 1 heterocycles. The average molecular weight is 702 g/mol. The number of para-hydroxylation sites is 2. The van der Waals surface area contributed by atoms with Gasteiger partial charge in [-0.25, -0.2) is 0 Å². The molecule has 2 N–H and O–H groups in total. The average Bonchev–Trinajstić information content (AvgIpc) is 3.16. The summed E-state index contributed by atoms with van der Waals surface area (Å²) in [7, 11) is 3.08. The summed E-state index contributed by atoms with van der Waals surface area (Å²) >= 11 is 3.11. The molecule has 1 atom stereocenters. The van der Waals surface area contributed by atoms with Gasteiger partial charge in [-0.3, -0.25) is 19.3 Å². The fourth-order valence-corrected chi connectivity index (χ4v) is 7.55. The SMILES string of the molecule is CCC(Sc1cccc(NC(=O)/C(=C\c2ccc(OC)cc2OC)NC(=O)c2ccccc2)c1)C(=O)N1c2ccccc2Sc2ccccc21. The first-order valence-corrected chi connectivity index (χ1v) is 17.7. The molecular weight excluding hydrogens is 667 g/mol. The summed E-state index contributed by atoms with van der Waals surface area (Å²) in [6, 6.07) is 37.1. The second-order valence-electron chi connectivity index (χ2n) is 11.2. The standard InChI is InChI=1S/C40H35N3O5S2/c1-4-35(40(46)43-32-17-8-10-19-36(32)50-37-20-11-9-18-33(37)43)49-30-16-12-15-28(24-30)41-39(45)31(42-38(44)26-13-6-5-7-14-26)23-27-21-22-29(47-2)25-34(27)48-3/h5-25,35H,4H2,1-3H3,(H,41,45)(H,42,44)/b31-23+. The number of carbonyl (C=O) groups is 3. The highest BCUT2D eigenvalue weighted by molar-refractivity contribution is 8.00. The molecule has 0 saturated heterocycles. The van der Waals surface area contributed by atoms with Crippen molar-refractivity contribution in [2.75, 3.05) is 24.4 Å². The van der Waals surface area contributed by atoms with E-state index < -0.39 is 17.1 Å². The number of ether oxygens (including phenoxy) is 2. The Morgan fingerprint density at radius 1 is 0.800 bits per heavy atom. The summed E-state index contributed by atoms with van der Waals surface area (Å²) in [4.78, 5) is 46.0. The minimum absolute atomic E-state index is 0.0160. The Kier molecular flexibility index (Phi) is 10.9. The van der Waals surface area contributed by atoms with Crippen molar-refractivity contribution in [3.8, 4) is 11.5 Å². The molecule has 1 aliphatic rings. The quantitative estimate of drug-likeness (QED) is 0.105. The van der Waals surface area contributed by atoms with Gasteiger partial charge < -0.3 is 20.1 Å². The maximum Gasteiger partial charge on any atom is 0.272 e. The van der Waals surface area contributed by atoms with E-state index in [0.29, 0.717) is 34.7 Å². The van der Waals surface area contributed by atoms with Crippen molar-refractivity contribution in [3.63, 3.8) is 0 Å². The lowest BCUT2D eigenvalue weighted by Crippen LogP contribution is -2.35. The van der Waals surface area contributed by atoms with Crippen LogP contribution in [0.15, 0.2) is 142 Å². The van der Waals surface area contributed by atoms with Gasteiger partial charge in [0.2, 0.25) is 5.91 Å². The molecule has 8 nitrogen and oxygen atoms in total. The van der Waals surface area contributed by atoms with Gasteiger partial charge in [0, 0.05) is 37.6 Å². The van der Waals surface area contributed by atoms with Crippen molar-refractivity contribution in [3.05, 3.63) is 138 Å². The first-order chi connectivity index (χ1) is 24.4. The Morgan fingerprint density at radius 2 is 1.48 bits per heavy atom. The topological polar surface area (TPSA) is 97.0 Å². The van der Waals surface area contributed by atoms with Crippen LogP contribution in [-0.4, -0.2) is 37.2 Å². The predicted octanol–water partition coefficient (Wildman–Crippen LogP) is 8.81. The van der Waals surface area contributed by atoms with Gasteiger partial charge in [-0.15, -0.1) is 11.8 Å². The van der Waals surface area contributed by atoms with E-state index in [-0.39, 0.29) is 11.6 Å². The predicted molar refractivity (Wildman–Crippen MR) is 201 cm³/mol. The Balaban J connectivity index is 1.25. The van der Waals surface area contributed by atoms with Crippen molar-refractivity contribution in [1.82, 2.24) is 5.32 Å². The smallest absolute Gasteiger partial charge is 0.272 e. The summed E-state index contributed by atoms with van der Waals surface area (Å²) in [5, 5.41) is 5.31. The fourth-order valence-electron chi connectivity index (χ4n) is 5.44. The molecule has 0 saturated carbocycles. The largest absolute Gasteiger partial charge is 0.497 e. The third kappa shape index (κ3) is 7.72. The van der Waals surface area contributed by atoms with Crippen molar-refractivity contribution in [2.24, 2.45) is 0 Å². The lowest BCUT2D eigenvalue weighted by Gasteiger charge is -2.33. The minimum atomic E-state index is -0.531. The number of anilines is 3. The Hall–Kier alpha value is -5.45. The highest BCUT2D eigenvalue weighted by atomic mass is 32.2. The Labute approximate surface area is 299 Å². The van der Waals surface area contributed by atoms with E-state index in [2.05, 4.69) is 10.6 Å². The van der Waals surface area contributed by atoms with Crippen LogP contribution in [0.25, 0.3) is 6.08 Å². The van der Waals surface area contributed by atoms with Crippen molar-refractivity contribution >= 4 is 64.4 Å². The number of rotatable bonds is 11. The normalized spacial score (nSPS) is 12.6. The molecule has 50 heavy (non-hydrogen) atoms. The van der Waals surface area contributed by atoms with Gasteiger partial charge in [0.05, 0.1) is 30.8 Å². The molecule has 0 aromatic heterocycles. The molecule has 5 aromatic carbocycles. The maximum absolute atomic E-state index is 14.3. The zero-order valence-corrected chi connectivity index (χ0v) is 29.3. The molecule has 10 heteroatoms. The van der Waals surface area contributed by atoms with E-state index in [1.165, 1.54) is 18.9 Å². The third-order valence-electron chi connectivity index (χ3n) is 7.94. The van der Waals surface area contributed by atoms with Crippen LogP contribution in [0.5, 0.6) is 11.5 Å². The lowest BCUT2D eigenvalue weighted by atomic mass is 10.1. The zero-order valence-electron chi connectivity index (χ0n) is 27.7. The number of carbonyl (C=O) groups excluding carboxylic acids is 3. The van der Waals surface area contributed by atoms with Gasteiger partial charge in [-0.2, -0.15) is 0 Å². The van der Waals surface area contributed by atoms with Gasteiger partial charge >= 0.3 is 0 Å². The van der Waals surface area contributed by atoms with Gasteiger partial charge in [-0.1, -0.05) is 67.2 Å². The number of amides is 3. The second-order valence-corrected chi connectivity index (χ2v) is 13.6. The van der Waals surface area contributed by atoms with Crippen LogP contribution in [0.4, 0.5) is 17.1 Å². The number of methoxy groups -OCH3 is 2. The van der Waals surface area contributed by atoms with Crippen LogP contribution in [0, 0.1) is 0 Å². The molecule has 5 aromatic rings. The molecule has 0 aliphatic carbocycles. The van der Waals surface area contributed by atoms with Crippen molar-refractivity contribution in [1.29, 1.82) is 0 Å². The number of hydrogen-bond donors (Lipinski definition) is 2. The number of nitrogens with one attached hydrogen (secondary N) is 2. The first kappa shape index (κ1) is 34.4. The molecule has 1 unspecified atom stereocenters. The van der Waals surface area contributed by atoms with Crippen molar-refractivity contribution < 1.29 is 23.9 Å². The fraction of sp³-hybridized carbons (Fsp3) is 0.125. The van der Waals surface area contributed by atoms with E-state index >= 15 is 0 Å². The summed E-state index contributed by atoms with van der Waals surface area (Å²) < 4.78 is 10.9. The highest BCUT2D eigenvalue weighted by Gasteiger charge is 2.32. The molecule has 252 valence electrons. The van der Waals surface area contributed by atoms with Crippen LogP contribution in [-0.2, 0) is 9.59 Å². The number of thioether (sulfide) groups is 1. The molecular formula is C40H35N3O5S2. The summed E-state index contributed by atoms with van der Waals surface area (Å²) in [5.74, 6) is 0.0668. The molecule has 1 aliphatic heterocycles. The number of hydrogen-bond acceptors (Lipinski definition) is 7. The Bertz CT molecular complexity index is 2020. The lowest BCUT2D eigenvalue weighted by molar-refractivity contribution is -0.117. The van der Waals surface area contributed by atoms with Crippen LogP contribution < -0.4 is 25.0 Å². The molecule has 0 bridgehead atoms. The minimum Gasteiger partial charge on any atom is -0.497 e. The van der Waals surface area contributed by atoms with Gasteiger partial charge in [0.25, 0.3) is 11.8 Å². The third-order valence-corrected chi connectivity index (χ3v) is 10.4. The zero-order chi connectivity index (χ0) is 35.0. The second kappa shape index (κ2) is 15.8. The molecule has 0 fully saturated rings.